The average molecular weight is 208 g/mol. The zero-order chi connectivity index (χ0) is 10.0. The van der Waals surface area contributed by atoms with E-state index in [-0.39, 0.29) is 28.6 Å². The summed E-state index contributed by atoms with van der Waals surface area (Å²) in [6.45, 7) is -0.0356. The molecule has 4 N–H and O–H groups in total. The highest BCUT2D eigenvalue weighted by Gasteiger charge is 2.17. The van der Waals surface area contributed by atoms with Crippen molar-refractivity contribution in [3.8, 4) is 0 Å². The van der Waals surface area contributed by atoms with Crippen molar-refractivity contribution in [1.29, 1.82) is 0 Å². The third-order valence-electron chi connectivity index (χ3n) is 1.58. The fraction of sp³-hybridized carbons (Fsp3) is 0.286. The van der Waals surface area contributed by atoms with Crippen LogP contribution in [0.15, 0.2) is 6.07 Å². The van der Waals surface area contributed by atoms with Crippen LogP contribution in [-0.2, 0) is 6.54 Å². The van der Waals surface area contributed by atoms with Crippen molar-refractivity contribution < 1.29 is 8.78 Å². The molecule has 6 heteroatoms. The number of pyridine rings is 1. The number of nitrogens with two attached hydrogens (primary N) is 2. The maximum Gasteiger partial charge on any atom is 0.267 e. The van der Waals surface area contributed by atoms with Gasteiger partial charge in [0.25, 0.3) is 6.43 Å². The lowest BCUT2D eigenvalue weighted by Gasteiger charge is -2.09. The first-order chi connectivity index (χ1) is 6.06. The third kappa shape index (κ3) is 2.05. The highest BCUT2D eigenvalue weighted by atomic mass is 35.5. The van der Waals surface area contributed by atoms with Crippen molar-refractivity contribution in [3.63, 3.8) is 0 Å². The zero-order valence-corrected chi connectivity index (χ0v) is 7.35. The predicted molar refractivity (Wildman–Crippen MR) is 46.5 cm³/mol. The molecule has 0 fully saturated rings. The molecule has 0 bridgehead atoms. The zero-order valence-electron chi connectivity index (χ0n) is 6.60. The van der Waals surface area contributed by atoms with Crippen molar-refractivity contribution in [1.82, 2.24) is 4.98 Å². The van der Waals surface area contributed by atoms with Gasteiger partial charge in [0.15, 0.2) is 0 Å². The third-order valence-corrected chi connectivity index (χ3v) is 1.77. The van der Waals surface area contributed by atoms with Gasteiger partial charge in [0.05, 0.1) is 5.56 Å². The van der Waals surface area contributed by atoms with Crippen LogP contribution in [0.1, 0.15) is 17.6 Å². The molecule has 1 aromatic heterocycles. The van der Waals surface area contributed by atoms with E-state index in [2.05, 4.69) is 4.98 Å². The molecule has 13 heavy (non-hydrogen) atoms. The Morgan fingerprint density at radius 1 is 1.54 bits per heavy atom. The van der Waals surface area contributed by atoms with Gasteiger partial charge in [0.2, 0.25) is 0 Å². The molecule has 0 saturated carbocycles. The molecule has 0 aliphatic carbocycles. The number of nitrogen functional groups attached to an aromatic ring is 1. The van der Waals surface area contributed by atoms with Crippen LogP contribution >= 0.6 is 11.6 Å². The van der Waals surface area contributed by atoms with E-state index in [9.17, 15) is 8.78 Å². The molecule has 0 aliphatic rings. The Morgan fingerprint density at radius 2 is 2.15 bits per heavy atom. The highest BCUT2D eigenvalue weighted by molar-refractivity contribution is 6.29. The van der Waals surface area contributed by atoms with Crippen LogP contribution in [0.2, 0.25) is 5.15 Å². The van der Waals surface area contributed by atoms with E-state index >= 15 is 0 Å². The molecular formula is C7H8ClF2N3. The summed E-state index contributed by atoms with van der Waals surface area (Å²) in [4.78, 5) is 3.51. The summed E-state index contributed by atoms with van der Waals surface area (Å²) in [7, 11) is 0. The van der Waals surface area contributed by atoms with E-state index in [4.69, 9.17) is 23.1 Å². The Bertz CT molecular complexity index is 317. The maximum atomic E-state index is 12.4. The average Bonchev–Trinajstić information content (AvgIpc) is 2.01. The Balaban J connectivity index is 3.30. The normalized spacial score (nSPS) is 10.8. The standard InChI is InChI=1S/C7H8ClF2N3/c8-4-1-3(2-11)5(6(9)10)7(12)13-4/h1,6H,2,11H2,(H2,12,13). The highest BCUT2D eigenvalue weighted by Crippen LogP contribution is 2.28. The van der Waals surface area contributed by atoms with Crippen molar-refractivity contribution in [2.75, 3.05) is 5.73 Å². The van der Waals surface area contributed by atoms with Gasteiger partial charge in [0, 0.05) is 6.54 Å². The topological polar surface area (TPSA) is 64.9 Å². The summed E-state index contributed by atoms with van der Waals surface area (Å²) in [6, 6.07) is 1.29. The lowest BCUT2D eigenvalue weighted by Crippen LogP contribution is -2.07. The molecule has 3 nitrogen and oxygen atoms in total. The molecule has 72 valence electrons. The van der Waals surface area contributed by atoms with E-state index in [0.29, 0.717) is 0 Å². The summed E-state index contributed by atoms with van der Waals surface area (Å²) in [5, 5.41) is 0.0716. The van der Waals surface area contributed by atoms with Gasteiger partial charge in [0.1, 0.15) is 11.0 Å². The monoisotopic (exact) mass is 207 g/mol. The first-order valence-corrected chi connectivity index (χ1v) is 3.87. The molecular weight excluding hydrogens is 200 g/mol. The number of rotatable bonds is 2. The lowest BCUT2D eigenvalue weighted by atomic mass is 10.1. The van der Waals surface area contributed by atoms with Crippen LogP contribution in [0.5, 0.6) is 0 Å². The summed E-state index contributed by atoms with van der Waals surface area (Å²) >= 11 is 5.51. The minimum absolute atomic E-state index is 0.0356. The second kappa shape index (κ2) is 3.85. The Kier molecular flexibility index (Phi) is 3.00. The minimum Gasteiger partial charge on any atom is -0.383 e. The number of hydrogen-bond acceptors (Lipinski definition) is 3. The molecule has 0 amide bonds. The molecule has 0 spiro atoms. The molecule has 1 heterocycles. The van der Waals surface area contributed by atoms with Gasteiger partial charge in [-0.1, -0.05) is 11.6 Å². The van der Waals surface area contributed by atoms with E-state index in [1.165, 1.54) is 6.07 Å². The van der Waals surface area contributed by atoms with Gasteiger partial charge in [-0.3, -0.25) is 0 Å². The molecule has 0 aliphatic heterocycles. The fourth-order valence-corrected chi connectivity index (χ4v) is 1.24. The van der Waals surface area contributed by atoms with Crippen molar-refractivity contribution in [2.45, 2.75) is 13.0 Å². The SMILES string of the molecule is NCc1cc(Cl)nc(N)c1C(F)F. The number of anilines is 1. The summed E-state index contributed by atoms with van der Waals surface area (Å²) in [5.41, 5.74) is 10.4. The molecule has 0 aromatic carbocycles. The van der Waals surface area contributed by atoms with Crippen LogP contribution in [0, 0.1) is 0 Å². The lowest BCUT2D eigenvalue weighted by molar-refractivity contribution is 0.151. The number of alkyl halides is 2. The summed E-state index contributed by atoms with van der Waals surface area (Å²) in [5.74, 6) is -0.261. The van der Waals surface area contributed by atoms with Gasteiger partial charge < -0.3 is 11.5 Å². The number of hydrogen-bond donors (Lipinski definition) is 2. The molecule has 0 radical (unpaired) electrons. The minimum atomic E-state index is -2.68. The van der Waals surface area contributed by atoms with Gasteiger partial charge in [-0.05, 0) is 11.6 Å². The number of aromatic nitrogens is 1. The van der Waals surface area contributed by atoms with Crippen LogP contribution in [0.25, 0.3) is 0 Å². The van der Waals surface area contributed by atoms with Gasteiger partial charge >= 0.3 is 0 Å². The van der Waals surface area contributed by atoms with E-state index in [0.717, 1.165) is 0 Å². The van der Waals surface area contributed by atoms with Crippen LogP contribution in [-0.4, -0.2) is 4.98 Å². The quantitative estimate of drug-likeness (QED) is 0.726. The predicted octanol–water partition coefficient (Wildman–Crippen LogP) is 1.71. The maximum absolute atomic E-state index is 12.4. The van der Waals surface area contributed by atoms with E-state index in [1.807, 2.05) is 0 Å². The van der Waals surface area contributed by atoms with Crippen molar-refractivity contribution in [3.05, 3.63) is 22.3 Å². The molecule has 0 atom stereocenters. The first-order valence-electron chi connectivity index (χ1n) is 3.49. The molecule has 0 unspecified atom stereocenters. The second-order valence-electron chi connectivity index (χ2n) is 2.41. The van der Waals surface area contributed by atoms with Crippen LogP contribution in [0.3, 0.4) is 0 Å². The first kappa shape index (κ1) is 10.1. The second-order valence-corrected chi connectivity index (χ2v) is 2.80. The molecule has 1 aromatic rings. The van der Waals surface area contributed by atoms with Crippen LogP contribution < -0.4 is 11.5 Å². The Hall–Kier alpha value is -0.940. The van der Waals surface area contributed by atoms with E-state index in [1.54, 1.807) is 0 Å². The number of nitrogens with zero attached hydrogens (tertiary/aromatic N) is 1. The summed E-state index contributed by atoms with van der Waals surface area (Å²) in [6.07, 6.45) is -2.68. The van der Waals surface area contributed by atoms with E-state index < -0.39 is 6.43 Å². The van der Waals surface area contributed by atoms with Gasteiger partial charge in [-0.25, -0.2) is 13.8 Å². The molecule has 1 rings (SSSR count). The van der Waals surface area contributed by atoms with Gasteiger partial charge in [-0.15, -0.1) is 0 Å². The van der Waals surface area contributed by atoms with Gasteiger partial charge in [-0.2, -0.15) is 0 Å². The number of halogens is 3. The largest absolute Gasteiger partial charge is 0.383 e. The Morgan fingerprint density at radius 3 is 2.62 bits per heavy atom. The fourth-order valence-electron chi connectivity index (χ4n) is 1.01. The Labute approximate surface area is 78.7 Å². The van der Waals surface area contributed by atoms with Crippen molar-refractivity contribution in [2.24, 2.45) is 5.73 Å². The molecule has 0 saturated heterocycles. The summed E-state index contributed by atoms with van der Waals surface area (Å²) < 4.78 is 24.8. The van der Waals surface area contributed by atoms with Crippen LogP contribution in [0.4, 0.5) is 14.6 Å². The van der Waals surface area contributed by atoms with Crippen molar-refractivity contribution >= 4 is 17.4 Å². The smallest absolute Gasteiger partial charge is 0.267 e.